The number of likely N-dealkylation sites (tertiary alicyclic amines) is 1. The first-order valence-electron chi connectivity index (χ1n) is 17.1. The van der Waals surface area contributed by atoms with Crippen molar-refractivity contribution in [3.8, 4) is 17.6 Å². The number of carbonyl (C=O) groups is 1. The Morgan fingerprint density at radius 3 is 1.98 bits per heavy atom. The summed E-state index contributed by atoms with van der Waals surface area (Å²) in [5.41, 5.74) is 1.08. The van der Waals surface area contributed by atoms with E-state index in [1.807, 2.05) is 18.2 Å². The summed E-state index contributed by atoms with van der Waals surface area (Å²) in [4.78, 5) is 15.3. The van der Waals surface area contributed by atoms with Crippen LogP contribution in [0.4, 0.5) is 4.39 Å². The molecule has 1 saturated heterocycles. The largest absolute Gasteiger partial charge is 0.493 e. The number of unbranched alkanes of at least 4 members (excludes halogenated alkanes) is 10. The highest BCUT2D eigenvalue weighted by Gasteiger charge is 2.33. The van der Waals surface area contributed by atoms with Gasteiger partial charge < -0.3 is 14.4 Å². The molecule has 0 saturated carbocycles. The number of ketones is 1. The summed E-state index contributed by atoms with van der Waals surface area (Å²) in [5, 5.41) is 10.6. The second-order valence-electron chi connectivity index (χ2n) is 12.6. The van der Waals surface area contributed by atoms with Crippen LogP contribution in [-0.2, 0) is 5.41 Å². The van der Waals surface area contributed by atoms with E-state index in [1.54, 1.807) is 26.4 Å². The van der Waals surface area contributed by atoms with E-state index in [-0.39, 0.29) is 17.5 Å². The molecule has 0 bridgehead atoms. The summed E-state index contributed by atoms with van der Waals surface area (Å²) >= 11 is 0. The zero-order valence-electron chi connectivity index (χ0n) is 27.6. The predicted molar refractivity (Wildman–Crippen MR) is 177 cm³/mol. The summed E-state index contributed by atoms with van der Waals surface area (Å²) in [5.74, 6) is 1.18. The van der Waals surface area contributed by atoms with Gasteiger partial charge in [0.05, 0.1) is 25.7 Å². The van der Waals surface area contributed by atoms with Gasteiger partial charge in [-0.2, -0.15) is 5.26 Å². The Kier molecular flexibility index (Phi) is 15.7. The van der Waals surface area contributed by atoms with Crippen LogP contribution < -0.4 is 9.47 Å². The molecule has 1 unspecified atom stereocenters. The Morgan fingerprint density at radius 2 is 1.41 bits per heavy atom. The third kappa shape index (κ3) is 10.9. The van der Waals surface area contributed by atoms with E-state index in [4.69, 9.17) is 9.47 Å². The molecule has 1 fully saturated rings. The van der Waals surface area contributed by atoms with Crippen LogP contribution in [-0.4, -0.2) is 44.5 Å². The lowest BCUT2D eigenvalue weighted by atomic mass is 9.73. The first-order valence-corrected chi connectivity index (χ1v) is 17.1. The SMILES string of the molecule is CCCCCCCCCCCCC(C#N)(CCCCN1CCC(C(=O)c2ccc(F)cc2)CC1)c1ccc(OC)c(OC)c1. The molecule has 1 aliphatic rings. The number of piperidine rings is 1. The van der Waals surface area contributed by atoms with E-state index in [2.05, 4.69) is 17.9 Å². The third-order valence-corrected chi connectivity index (χ3v) is 9.52. The Labute approximate surface area is 266 Å². The van der Waals surface area contributed by atoms with Crippen LogP contribution in [0.2, 0.25) is 0 Å². The van der Waals surface area contributed by atoms with Crippen LogP contribution in [0.5, 0.6) is 11.5 Å². The minimum absolute atomic E-state index is 0.00839. The molecule has 242 valence electrons. The Bertz CT molecular complexity index is 1150. The van der Waals surface area contributed by atoms with Crippen molar-refractivity contribution < 1.29 is 18.7 Å². The lowest BCUT2D eigenvalue weighted by Gasteiger charge is -2.32. The van der Waals surface area contributed by atoms with E-state index >= 15 is 0 Å². The highest BCUT2D eigenvalue weighted by atomic mass is 19.1. The summed E-state index contributed by atoms with van der Waals surface area (Å²) in [7, 11) is 3.29. The number of Topliss-reactive ketones (excluding diaryl/α,β-unsaturated/α-hetero) is 1. The summed E-state index contributed by atoms with van der Waals surface area (Å²) < 4.78 is 24.3. The summed E-state index contributed by atoms with van der Waals surface area (Å²) in [6.45, 7) is 5.03. The van der Waals surface area contributed by atoms with E-state index in [1.165, 1.54) is 63.5 Å². The number of benzene rings is 2. The fourth-order valence-electron chi connectivity index (χ4n) is 6.67. The maximum absolute atomic E-state index is 13.3. The van der Waals surface area contributed by atoms with Crippen molar-refractivity contribution in [2.75, 3.05) is 33.9 Å². The lowest BCUT2D eigenvalue weighted by Crippen LogP contribution is -2.37. The predicted octanol–water partition coefficient (Wildman–Crippen LogP) is 9.68. The van der Waals surface area contributed by atoms with Crippen molar-refractivity contribution in [2.24, 2.45) is 5.92 Å². The minimum Gasteiger partial charge on any atom is -0.493 e. The summed E-state index contributed by atoms with van der Waals surface area (Å²) in [6, 6.07) is 14.6. The van der Waals surface area contributed by atoms with Crippen molar-refractivity contribution in [2.45, 2.75) is 115 Å². The zero-order valence-corrected chi connectivity index (χ0v) is 27.6. The Balaban J connectivity index is 1.50. The third-order valence-electron chi connectivity index (χ3n) is 9.52. The van der Waals surface area contributed by atoms with Crippen LogP contribution in [0.3, 0.4) is 0 Å². The first-order chi connectivity index (χ1) is 21.5. The standard InChI is InChI=1S/C38H55FN2O3/c1-4-5-6-7-8-9-10-11-12-13-24-38(30-40,33-18-21-35(43-2)36(29-33)44-3)25-14-15-26-41-27-22-32(23-28-41)37(42)31-16-19-34(39)20-17-31/h16-21,29,32H,4-15,22-28H2,1-3H3. The Hall–Kier alpha value is -2.91. The normalized spacial score (nSPS) is 15.4. The van der Waals surface area contributed by atoms with Gasteiger partial charge in [-0.3, -0.25) is 4.79 Å². The minimum atomic E-state index is -0.547. The van der Waals surface area contributed by atoms with Gasteiger partial charge in [0, 0.05) is 11.5 Å². The number of methoxy groups -OCH3 is 2. The molecule has 5 nitrogen and oxygen atoms in total. The molecule has 0 radical (unpaired) electrons. The van der Waals surface area contributed by atoms with E-state index < -0.39 is 5.41 Å². The molecule has 0 amide bonds. The highest BCUT2D eigenvalue weighted by Crippen LogP contribution is 2.39. The van der Waals surface area contributed by atoms with Gasteiger partial charge in [-0.25, -0.2) is 4.39 Å². The highest BCUT2D eigenvalue weighted by molar-refractivity contribution is 5.97. The molecule has 6 heteroatoms. The van der Waals surface area contributed by atoms with E-state index in [9.17, 15) is 14.4 Å². The van der Waals surface area contributed by atoms with Gasteiger partial charge >= 0.3 is 0 Å². The number of nitriles is 1. The average molecular weight is 607 g/mol. The van der Waals surface area contributed by atoms with Crippen LogP contribution in [0.25, 0.3) is 0 Å². The molecule has 0 N–H and O–H groups in total. The van der Waals surface area contributed by atoms with Gasteiger partial charge in [0.15, 0.2) is 17.3 Å². The molecule has 0 spiro atoms. The number of carbonyl (C=O) groups excluding carboxylic acids is 1. The molecular formula is C38H55FN2O3. The quantitative estimate of drug-likeness (QED) is 0.105. The van der Waals surface area contributed by atoms with E-state index in [0.29, 0.717) is 17.1 Å². The van der Waals surface area contributed by atoms with Gasteiger partial charge in [0.2, 0.25) is 0 Å². The fraction of sp³-hybridized carbons (Fsp3) is 0.632. The second kappa shape index (κ2) is 19.5. The van der Waals surface area contributed by atoms with Crippen molar-refractivity contribution >= 4 is 5.78 Å². The smallest absolute Gasteiger partial charge is 0.166 e. The second-order valence-corrected chi connectivity index (χ2v) is 12.6. The Morgan fingerprint density at radius 1 is 0.841 bits per heavy atom. The molecule has 0 aromatic heterocycles. The number of hydrogen-bond acceptors (Lipinski definition) is 5. The average Bonchev–Trinajstić information content (AvgIpc) is 3.06. The number of halogens is 1. The topological polar surface area (TPSA) is 62.6 Å². The van der Waals surface area contributed by atoms with Crippen LogP contribution in [0.1, 0.15) is 126 Å². The number of rotatable bonds is 21. The summed E-state index contributed by atoms with van der Waals surface area (Å²) in [6.07, 6.45) is 18.1. The van der Waals surface area contributed by atoms with Crippen molar-refractivity contribution in [1.82, 2.24) is 4.90 Å². The zero-order chi connectivity index (χ0) is 31.6. The van der Waals surface area contributed by atoms with Gasteiger partial charge in [0.25, 0.3) is 0 Å². The number of nitrogens with zero attached hydrogens (tertiary/aromatic N) is 2. The molecule has 1 atom stereocenters. The van der Waals surface area contributed by atoms with Gasteiger partial charge in [-0.15, -0.1) is 0 Å². The monoisotopic (exact) mass is 606 g/mol. The maximum Gasteiger partial charge on any atom is 0.166 e. The van der Waals surface area contributed by atoms with Crippen molar-refractivity contribution in [3.05, 3.63) is 59.4 Å². The maximum atomic E-state index is 13.3. The lowest BCUT2D eigenvalue weighted by molar-refractivity contribution is 0.0838. The fourth-order valence-corrected chi connectivity index (χ4v) is 6.67. The molecule has 1 heterocycles. The van der Waals surface area contributed by atoms with Gasteiger partial charge in [-0.1, -0.05) is 83.6 Å². The van der Waals surface area contributed by atoms with E-state index in [0.717, 1.165) is 76.6 Å². The van der Waals surface area contributed by atoms with Crippen LogP contribution >= 0.6 is 0 Å². The van der Waals surface area contributed by atoms with Crippen molar-refractivity contribution in [1.29, 1.82) is 5.26 Å². The molecular weight excluding hydrogens is 551 g/mol. The number of hydrogen-bond donors (Lipinski definition) is 0. The van der Waals surface area contributed by atoms with Crippen LogP contribution in [0.15, 0.2) is 42.5 Å². The first kappa shape index (κ1) is 35.6. The molecule has 44 heavy (non-hydrogen) atoms. The molecule has 2 aromatic carbocycles. The molecule has 1 aliphatic heterocycles. The van der Waals surface area contributed by atoms with Gasteiger partial charge in [0.1, 0.15) is 5.82 Å². The van der Waals surface area contributed by atoms with Crippen LogP contribution in [0, 0.1) is 23.1 Å². The molecule has 3 rings (SSSR count). The van der Waals surface area contributed by atoms with Gasteiger partial charge in [-0.05, 0) is 93.7 Å². The molecule has 2 aromatic rings. The van der Waals surface area contributed by atoms with Crippen molar-refractivity contribution in [3.63, 3.8) is 0 Å². The molecule has 0 aliphatic carbocycles. The number of ether oxygens (including phenoxy) is 2.